The van der Waals surface area contributed by atoms with E-state index in [1.807, 2.05) is 24.3 Å². The number of benzene rings is 1. The summed E-state index contributed by atoms with van der Waals surface area (Å²) < 4.78 is 10.8. The van der Waals surface area contributed by atoms with Crippen LogP contribution in [0.25, 0.3) is 0 Å². The minimum Gasteiger partial charge on any atom is -0.497 e. The molecule has 16 heavy (non-hydrogen) atoms. The van der Waals surface area contributed by atoms with Crippen LogP contribution in [-0.2, 0) is 11.3 Å². The molecular formula is C13H22O2Si. The lowest BCUT2D eigenvalue weighted by Gasteiger charge is -2.15. The third kappa shape index (κ3) is 5.33. The normalized spacial score (nSPS) is 11.5. The first-order chi connectivity index (χ1) is 7.51. The predicted molar refractivity (Wildman–Crippen MR) is 70.8 cm³/mol. The lowest BCUT2D eigenvalue weighted by atomic mass is 10.2. The topological polar surface area (TPSA) is 18.5 Å². The lowest BCUT2D eigenvalue weighted by Crippen LogP contribution is -2.21. The second-order valence-electron chi connectivity index (χ2n) is 5.21. The molecule has 1 aromatic rings. The van der Waals surface area contributed by atoms with Crippen LogP contribution in [0.15, 0.2) is 24.3 Å². The molecule has 0 heterocycles. The van der Waals surface area contributed by atoms with Crippen LogP contribution in [0.2, 0.25) is 25.7 Å². The van der Waals surface area contributed by atoms with Crippen LogP contribution in [0, 0.1) is 0 Å². The quantitative estimate of drug-likeness (QED) is 0.557. The smallest absolute Gasteiger partial charge is 0.118 e. The molecule has 0 amide bonds. The van der Waals surface area contributed by atoms with E-state index in [0.717, 1.165) is 12.4 Å². The van der Waals surface area contributed by atoms with Gasteiger partial charge in [-0.05, 0) is 23.7 Å². The Morgan fingerprint density at radius 1 is 1.06 bits per heavy atom. The first-order valence-corrected chi connectivity index (χ1v) is 9.43. The fraction of sp³-hybridized carbons (Fsp3) is 0.538. The van der Waals surface area contributed by atoms with Crippen molar-refractivity contribution in [3.63, 3.8) is 0 Å². The van der Waals surface area contributed by atoms with E-state index in [0.29, 0.717) is 6.61 Å². The molecule has 0 radical (unpaired) electrons. The van der Waals surface area contributed by atoms with Gasteiger partial charge in [-0.25, -0.2) is 0 Å². The number of hydrogen-bond acceptors (Lipinski definition) is 2. The number of hydrogen-bond donors (Lipinski definition) is 0. The van der Waals surface area contributed by atoms with Gasteiger partial charge in [0.05, 0.1) is 13.7 Å². The van der Waals surface area contributed by atoms with E-state index in [1.54, 1.807) is 7.11 Å². The van der Waals surface area contributed by atoms with Gasteiger partial charge in [0.1, 0.15) is 5.75 Å². The second kappa shape index (κ2) is 6.06. The molecule has 0 aliphatic carbocycles. The van der Waals surface area contributed by atoms with E-state index in [-0.39, 0.29) is 0 Å². The van der Waals surface area contributed by atoms with Crippen LogP contribution in [0.1, 0.15) is 5.56 Å². The van der Waals surface area contributed by atoms with E-state index in [1.165, 1.54) is 11.6 Å². The van der Waals surface area contributed by atoms with Gasteiger partial charge in [-0.1, -0.05) is 31.8 Å². The van der Waals surface area contributed by atoms with Gasteiger partial charge in [0, 0.05) is 14.7 Å². The van der Waals surface area contributed by atoms with Gasteiger partial charge in [-0.3, -0.25) is 0 Å². The maximum absolute atomic E-state index is 5.66. The van der Waals surface area contributed by atoms with Gasteiger partial charge >= 0.3 is 0 Å². The van der Waals surface area contributed by atoms with E-state index >= 15 is 0 Å². The first-order valence-electron chi connectivity index (χ1n) is 5.72. The molecule has 0 bridgehead atoms. The zero-order valence-corrected chi connectivity index (χ0v) is 11.7. The maximum atomic E-state index is 5.66. The predicted octanol–water partition coefficient (Wildman–Crippen LogP) is 3.55. The number of ether oxygens (including phenoxy) is 2. The molecule has 0 saturated carbocycles. The Bertz CT molecular complexity index is 301. The van der Waals surface area contributed by atoms with Crippen molar-refractivity contribution in [1.29, 1.82) is 0 Å². The van der Waals surface area contributed by atoms with E-state index in [2.05, 4.69) is 19.6 Å². The van der Waals surface area contributed by atoms with Crippen LogP contribution >= 0.6 is 0 Å². The zero-order valence-electron chi connectivity index (χ0n) is 10.7. The van der Waals surface area contributed by atoms with Crippen molar-refractivity contribution in [1.82, 2.24) is 0 Å². The van der Waals surface area contributed by atoms with Crippen molar-refractivity contribution in [3.8, 4) is 5.75 Å². The molecule has 0 saturated heterocycles. The Morgan fingerprint density at radius 3 is 2.19 bits per heavy atom. The molecule has 0 aliphatic rings. The molecular weight excluding hydrogens is 216 g/mol. The third-order valence-electron chi connectivity index (χ3n) is 2.42. The van der Waals surface area contributed by atoms with Gasteiger partial charge in [0.15, 0.2) is 0 Å². The zero-order chi connectivity index (χ0) is 12.0. The highest BCUT2D eigenvalue weighted by atomic mass is 28.3. The van der Waals surface area contributed by atoms with Crippen molar-refractivity contribution in [2.24, 2.45) is 0 Å². The fourth-order valence-corrected chi connectivity index (χ4v) is 2.05. The van der Waals surface area contributed by atoms with Crippen LogP contribution < -0.4 is 4.74 Å². The molecule has 0 fully saturated rings. The minimum absolute atomic E-state index is 0.703. The minimum atomic E-state index is -0.955. The Morgan fingerprint density at radius 2 is 1.69 bits per heavy atom. The van der Waals surface area contributed by atoms with Gasteiger partial charge in [-0.15, -0.1) is 0 Å². The summed E-state index contributed by atoms with van der Waals surface area (Å²) in [5, 5.41) is 0. The molecule has 0 unspecified atom stereocenters. The summed E-state index contributed by atoms with van der Waals surface area (Å²) in [5.74, 6) is 0.894. The second-order valence-corrected chi connectivity index (χ2v) is 10.8. The number of methoxy groups -OCH3 is 1. The van der Waals surface area contributed by atoms with Crippen LogP contribution in [0.3, 0.4) is 0 Å². The van der Waals surface area contributed by atoms with Crippen molar-refractivity contribution in [2.45, 2.75) is 32.3 Å². The fourth-order valence-electron chi connectivity index (χ4n) is 1.29. The highest BCUT2D eigenvalue weighted by Gasteiger charge is 2.11. The largest absolute Gasteiger partial charge is 0.497 e. The van der Waals surface area contributed by atoms with Gasteiger partial charge in [-0.2, -0.15) is 0 Å². The van der Waals surface area contributed by atoms with Crippen molar-refractivity contribution in [2.75, 3.05) is 13.7 Å². The highest BCUT2D eigenvalue weighted by Crippen LogP contribution is 2.13. The molecule has 0 spiro atoms. The molecule has 2 nitrogen and oxygen atoms in total. The molecule has 1 aromatic carbocycles. The molecule has 90 valence electrons. The van der Waals surface area contributed by atoms with Crippen LogP contribution in [-0.4, -0.2) is 21.8 Å². The van der Waals surface area contributed by atoms with Crippen molar-refractivity contribution in [3.05, 3.63) is 29.8 Å². The lowest BCUT2D eigenvalue weighted by molar-refractivity contribution is 0.133. The number of rotatable bonds is 6. The Hall–Kier alpha value is -0.803. The first kappa shape index (κ1) is 13.3. The average molecular weight is 238 g/mol. The molecule has 3 heteroatoms. The summed E-state index contributed by atoms with van der Waals surface area (Å²) in [6.07, 6.45) is 0. The highest BCUT2D eigenvalue weighted by molar-refractivity contribution is 6.76. The average Bonchev–Trinajstić information content (AvgIpc) is 2.24. The summed E-state index contributed by atoms with van der Waals surface area (Å²) in [6, 6.07) is 9.26. The van der Waals surface area contributed by atoms with Crippen LogP contribution in [0.5, 0.6) is 5.75 Å². The molecule has 0 aromatic heterocycles. The Kier molecular flexibility index (Phi) is 5.02. The summed E-state index contributed by atoms with van der Waals surface area (Å²) in [6.45, 7) is 8.67. The summed E-state index contributed by atoms with van der Waals surface area (Å²) in [5.41, 5.74) is 1.20. The Balaban J connectivity index is 2.27. The maximum Gasteiger partial charge on any atom is 0.118 e. The van der Waals surface area contributed by atoms with Gasteiger partial charge < -0.3 is 9.47 Å². The third-order valence-corrected chi connectivity index (χ3v) is 4.13. The summed E-state index contributed by atoms with van der Waals surface area (Å²) in [4.78, 5) is 0. The van der Waals surface area contributed by atoms with Crippen molar-refractivity contribution >= 4 is 8.07 Å². The van der Waals surface area contributed by atoms with Crippen LogP contribution in [0.4, 0.5) is 0 Å². The van der Waals surface area contributed by atoms with E-state index in [9.17, 15) is 0 Å². The molecule has 0 atom stereocenters. The SMILES string of the molecule is COc1ccc(COCC[Si](C)(C)C)cc1. The monoisotopic (exact) mass is 238 g/mol. The summed E-state index contributed by atoms with van der Waals surface area (Å²) in [7, 11) is 0.725. The van der Waals surface area contributed by atoms with Gasteiger partial charge in [0.25, 0.3) is 0 Å². The standard InChI is InChI=1S/C13H22O2Si/c1-14-13-7-5-12(6-8-13)11-15-9-10-16(2,3)4/h5-8H,9-11H2,1-4H3. The summed E-state index contributed by atoms with van der Waals surface area (Å²) >= 11 is 0. The van der Waals surface area contributed by atoms with E-state index in [4.69, 9.17) is 9.47 Å². The van der Waals surface area contributed by atoms with E-state index < -0.39 is 8.07 Å². The van der Waals surface area contributed by atoms with Gasteiger partial charge in [0.2, 0.25) is 0 Å². The van der Waals surface area contributed by atoms with Crippen molar-refractivity contribution < 1.29 is 9.47 Å². The Labute approximate surface area is 99.6 Å². The molecule has 1 rings (SSSR count). The molecule has 0 N–H and O–H groups in total. The molecule has 0 aliphatic heterocycles.